The van der Waals surface area contributed by atoms with E-state index in [1.807, 2.05) is 48.5 Å². The van der Waals surface area contributed by atoms with Crippen molar-refractivity contribution >= 4 is 34.6 Å². The van der Waals surface area contributed by atoms with Gasteiger partial charge in [0.2, 0.25) is 0 Å². The molecule has 0 spiro atoms. The Morgan fingerprint density at radius 2 is 1.71 bits per heavy atom. The Morgan fingerprint density at radius 1 is 1.00 bits per heavy atom. The lowest BCUT2D eigenvalue weighted by Crippen LogP contribution is -2.19. The van der Waals surface area contributed by atoms with Gasteiger partial charge in [0.1, 0.15) is 18.2 Å². The van der Waals surface area contributed by atoms with E-state index in [0.29, 0.717) is 22.4 Å². The maximum absolute atomic E-state index is 13.1. The molecule has 3 aromatic rings. The number of hydrogen-bond donors (Lipinski definition) is 1. The number of nitrogens with one attached hydrogen (secondary N) is 1. The number of carbonyl (C=O) groups excluding carboxylic acids is 1. The van der Waals surface area contributed by atoms with Crippen molar-refractivity contribution in [3.05, 3.63) is 100 Å². The van der Waals surface area contributed by atoms with Gasteiger partial charge >= 0.3 is 0 Å². The van der Waals surface area contributed by atoms with E-state index in [-0.39, 0.29) is 11.7 Å². The third-order valence-corrected chi connectivity index (χ3v) is 5.65. The van der Waals surface area contributed by atoms with Crippen LogP contribution in [0.3, 0.4) is 0 Å². The molecule has 1 aliphatic rings. The summed E-state index contributed by atoms with van der Waals surface area (Å²) in [6, 6.07) is 21.6. The van der Waals surface area contributed by atoms with Gasteiger partial charge in [0, 0.05) is 5.56 Å². The predicted octanol–water partition coefficient (Wildman–Crippen LogP) is 5.86. The van der Waals surface area contributed by atoms with Gasteiger partial charge in [-0.05, 0) is 65.7 Å². The molecule has 1 amide bonds. The van der Waals surface area contributed by atoms with E-state index in [0.717, 1.165) is 23.2 Å². The molecule has 4 rings (SSSR count). The molecule has 0 saturated carbocycles. The molecule has 0 atom stereocenters. The SMILES string of the molecule is CCc1ccc(N=C2NC(=O)/C(=C/c3ccccc3OCc3ccc(F)cc3)S2)cc1. The summed E-state index contributed by atoms with van der Waals surface area (Å²) in [5, 5.41) is 3.36. The van der Waals surface area contributed by atoms with Crippen LogP contribution in [0, 0.1) is 5.82 Å². The largest absolute Gasteiger partial charge is 0.488 e. The monoisotopic (exact) mass is 432 g/mol. The third-order valence-electron chi connectivity index (χ3n) is 4.74. The van der Waals surface area contributed by atoms with Gasteiger partial charge in [0.05, 0.1) is 10.6 Å². The second-order valence-electron chi connectivity index (χ2n) is 6.95. The molecule has 1 N–H and O–H groups in total. The Hall–Kier alpha value is -3.38. The van der Waals surface area contributed by atoms with Crippen molar-refractivity contribution in [1.29, 1.82) is 0 Å². The van der Waals surface area contributed by atoms with E-state index < -0.39 is 0 Å². The number of hydrogen-bond acceptors (Lipinski definition) is 4. The summed E-state index contributed by atoms with van der Waals surface area (Å²) in [7, 11) is 0. The Labute approximate surface area is 184 Å². The molecule has 4 nitrogen and oxygen atoms in total. The van der Waals surface area contributed by atoms with Gasteiger partial charge < -0.3 is 10.1 Å². The summed E-state index contributed by atoms with van der Waals surface area (Å²) in [5.41, 5.74) is 3.69. The summed E-state index contributed by atoms with van der Waals surface area (Å²) < 4.78 is 19.0. The van der Waals surface area contributed by atoms with Crippen molar-refractivity contribution in [1.82, 2.24) is 5.32 Å². The van der Waals surface area contributed by atoms with Crippen molar-refractivity contribution in [3.8, 4) is 5.75 Å². The van der Waals surface area contributed by atoms with Crippen molar-refractivity contribution in [2.45, 2.75) is 20.0 Å². The fourth-order valence-electron chi connectivity index (χ4n) is 3.02. The first-order valence-electron chi connectivity index (χ1n) is 9.95. The number of benzene rings is 3. The van der Waals surface area contributed by atoms with Gasteiger partial charge in [-0.3, -0.25) is 4.79 Å². The Kier molecular flexibility index (Phi) is 6.48. The number of halogens is 1. The highest BCUT2D eigenvalue weighted by atomic mass is 32.2. The molecule has 0 unspecified atom stereocenters. The number of ether oxygens (including phenoxy) is 1. The number of amides is 1. The molecule has 3 aromatic carbocycles. The zero-order valence-electron chi connectivity index (χ0n) is 17.0. The molecule has 6 heteroatoms. The molecular formula is C25H21FN2O2S. The summed E-state index contributed by atoms with van der Waals surface area (Å²) in [6.07, 6.45) is 2.76. The zero-order chi connectivity index (χ0) is 21.6. The Balaban J connectivity index is 1.49. The normalized spacial score (nSPS) is 16.0. The van der Waals surface area contributed by atoms with Crippen LogP contribution in [0.4, 0.5) is 10.1 Å². The molecule has 31 heavy (non-hydrogen) atoms. The van der Waals surface area contributed by atoms with Gasteiger partial charge in [-0.1, -0.05) is 49.4 Å². The van der Waals surface area contributed by atoms with E-state index in [1.165, 1.54) is 29.5 Å². The maximum Gasteiger partial charge on any atom is 0.264 e. The minimum absolute atomic E-state index is 0.192. The lowest BCUT2D eigenvalue weighted by molar-refractivity contribution is -0.115. The Bertz CT molecular complexity index is 1140. The van der Waals surface area contributed by atoms with Crippen LogP contribution < -0.4 is 10.1 Å². The first-order chi connectivity index (χ1) is 15.1. The summed E-state index contributed by atoms with van der Waals surface area (Å²) in [5.74, 6) is 0.174. The van der Waals surface area contributed by atoms with Crippen LogP contribution in [-0.2, 0) is 17.8 Å². The number of aliphatic imine (C=N–C) groups is 1. The highest BCUT2D eigenvalue weighted by Crippen LogP contribution is 2.31. The average Bonchev–Trinajstić information content (AvgIpc) is 3.13. The van der Waals surface area contributed by atoms with Crippen LogP contribution in [0.5, 0.6) is 5.75 Å². The number of para-hydroxylation sites is 1. The molecule has 0 radical (unpaired) electrons. The topological polar surface area (TPSA) is 50.7 Å². The van der Waals surface area contributed by atoms with Crippen LogP contribution in [0.1, 0.15) is 23.6 Å². The minimum atomic E-state index is -0.281. The van der Waals surface area contributed by atoms with Gasteiger partial charge in [-0.15, -0.1) is 0 Å². The van der Waals surface area contributed by atoms with Gasteiger partial charge in [0.25, 0.3) is 5.91 Å². The summed E-state index contributed by atoms with van der Waals surface area (Å²) in [4.78, 5) is 17.5. The molecule has 1 heterocycles. The fourth-order valence-corrected chi connectivity index (χ4v) is 3.85. The number of thioether (sulfide) groups is 1. The molecule has 0 aromatic heterocycles. The number of aryl methyl sites for hydroxylation is 1. The summed E-state index contributed by atoms with van der Waals surface area (Å²) in [6.45, 7) is 2.41. The minimum Gasteiger partial charge on any atom is -0.488 e. The third kappa shape index (κ3) is 5.41. The Morgan fingerprint density at radius 3 is 2.45 bits per heavy atom. The van der Waals surface area contributed by atoms with Gasteiger partial charge in [-0.2, -0.15) is 0 Å². The molecular weight excluding hydrogens is 411 g/mol. The van der Waals surface area contributed by atoms with Crippen LogP contribution in [0.2, 0.25) is 0 Å². The molecule has 1 fully saturated rings. The van der Waals surface area contributed by atoms with E-state index in [2.05, 4.69) is 17.2 Å². The number of carbonyl (C=O) groups is 1. The zero-order valence-corrected chi connectivity index (χ0v) is 17.8. The molecule has 1 saturated heterocycles. The molecule has 1 aliphatic heterocycles. The van der Waals surface area contributed by atoms with Gasteiger partial charge in [-0.25, -0.2) is 9.38 Å². The second-order valence-corrected chi connectivity index (χ2v) is 7.99. The average molecular weight is 433 g/mol. The van der Waals surface area contributed by atoms with E-state index in [1.54, 1.807) is 18.2 Å². The molecule has 156 valence electrons. The highest BCUT2D eigenvalue weighted by molar-refractivity contribution is 8.18. The molecule has 0 bridgehead atoms. The summed E-state index contributed by atoms with van der Waals surface area (Å²) >= 11 is 1.30. The van der Waals surface area contributed by atoms with Crippen LogP contribution in [-0.4, -0.2) is 11.1 Å². The fraction of sp³-hybridized carbons (Fsp3) is 0.120. The highest BCUT2D eigenvalue weighted by Gasteiger charge is 2.24. The van der Waals surface area contributed by atoms with Crippen molar-refractivity contribution in [2.24, 2.45) is 4.99 Å². The number of rotatable bonds is 6. The van der Waals surface area contributed by atoms with E-state index >= 15 is 0 Å². The van der Waals surface area contributed by atoms with E-state index in [4.69, 9.17) is 4.74 Å². The van der Waals surface area contributed by atoms with Crippen LogP contribution >= 0.6 is 11.8 Å². The second kappa shape index (κ2) is 9.62. The molecule has 0 aliphatic carbocycles. The van der Waals surface area contributed by atoms with Crippen molar-refractivity contribution in [3.63, 3.8) is 0 Å². The first-order valence-corrected chi connectivity index (χ1v) is 10.8. The van der Waals surface area contributed by atoms with Crippen LogP contribution in [0.25, 0.3) is 6.08 Å². The van der Waals surface area contributed by atoms with Crippen LogP contribution in [0.15, 0.2) is 82.7 Å². The standard InChI is InChI=1S/C25H21FN2O2S/c1-2-17-9-13-21(14-10-17)27-25-28-24(29)23(31-25)15-19-5-3-4-6-22(19)30-16-18-7-11-20(26)12-8-18/h3-15H,2,16H2,1H3,(H,27,28,29)/b23-15-. The first kappa shape index (κ1) is 20.9. The lowest BCUT2D eigenvalue weighted by atomic mass is 10.1. The number of amidine groups is 1. The van der Waals surface area contributed by atoms with E-state index in [9.17, 15) is 9.18 Å². The maximum atomic E-state index is 13.1. The predicted molar refractivity (Wildman–Crippen MR) is 124 cm³/mol. The van der Waals surface area contributed by atoms with Gasteiger partial charge in [0.15, 0.2) is 5.17 Å². The van der Waals surface area contributed by atoms with Crippen molar-refractivity contribution < 1.29 is 13.9 Å². The van der Waals surface area contributed by atoms with Crippen molar-refractivity contribution in [2.75, 3.05) is 0 Å². The lowest BCUT2D eigenvalue weighted by Gasteiger charge is -2.09. The smallest absolute Gasteiger partial charge is 0.264 e. The quantitative estimate of drug-likeness (QED) is 0.497. The number of nitrogens with zero attached hydrogens (tertiary/aromatic N) is 1.